The van der Waals surface area contributed by atoms with E-state index in [1.807, 2.05) is 0 Å². The average molecular weight is 200 g/mol. The number of methoxy groups -OCH3 is 1. The van der Waals surface area contributed by atoms with Crippen LogP contribution >= 0.6 is 0 Å². The molecule has 0 aromatic rings. The summed E-state index contributed by atoms with van der Waals surface area (Å²) < 4.78 is 4.51. The van der Waals surface area contributed by atoms with Gasteiger partial charge in [-0.2, -0.15) is 0 Å². The van der Waals surface area contributed by atoms with E-state index in [2.05, 4.69) is 10.1 Å². The molecule has 0 radical (unpaired) electrons. The predicted octanol–water partition coefficient (Wildman–Crippen LogP) is -1.49. The van der Waals surface area contributed by atoms with Gasteiger partial charge >= 0.3 is 5.97 Å². The zero-order valence-corrected chi connectivity index (χ0v) is 8.07. The van der Waals surface area contributed by atoms with Gasteiger partial charge in [-0.1, -0.05) is 0 Å². The van der Waals surface area contributed by atoms with Crippen LogP contribution in [-0.4, -0.2) is 48.9 Å². The molecule has 0 aromatic heterocycles. The van der Waals surface area contributed by atoms with E-state index in [4.69, 9.17) is 0 Å². The van der Waals surface area contributed by atoms with Crippen molar-refractivity contribution in [1.82, 2.24) is 10.2 Å². The fraction of sp³-hybridized carbons (Fsp3) is 0.625. The van der Waals surface area contributed by atoms with Crippen molar-refractivity contribution in [2.24, 2.45) is 0 Å². The molecular formula is C8H12N2O4. The number of amides is 2. The smallest absolute Gasteiger partial charge is 0.322 e. The monoisotopic (exact) mass is 200 g/mol. The molecule has 1 unspecified atom stereocenters. The molecule has 6 heteroatoms. The maximum absolute atomic E-state index is 11.1. The fourth-order valence-electron chi connectivity index (χ4n) is 1.25. The van der Waals surface area contributed by atoms with Crippen LogP contribution in [-0.2, 0) is 19.1 Å². The quantitative estimate of drug-likeness (QED) is 0.434. The zero-order chi connectivity index (χ0) is 10.7. The average Bonchev–Trinajstić information content (AvgIpc) is 2.14. The van der Waals surface area contributed by atoms with Gasteiger partial charge in [-0.15, -0.1) is 0 Å². The summed E-state index contributed by atoms with van der Waals surface area (Å²) in [4.78, 5) is 34.5. The lowest BCUT2D eigenvalue weighted by Crippen LogP contribution is -2.55. The second-order valence-electron chi connectivity index (χ2n) is 3.08. The Kier molecular flexibility index (Phi) is 3.19. The van der Waals surface area contributed by atoms with E-state index in [0.29, 0.717) is 0 Å². The normalized spacial score (nSPS) is 20.1. The third kappa shape index (κ3) is 2.29. The second kappa shape index (κ2) is 4.19. The highest BCUT2D eigenvalue weighted by Crippen LogP contribution is 2.03. The van der Waals surface area contributed by atoms with Gasteiger partial charge in [0, 0.05) is 0 Å². The Bertz CT molecular complexity index is 261. The van der Waals surface area contributed by atoms with Gasteiger partial charge in [-0.25, -0.2) is 0 Å². The van der Waals surface area contributed by atoms with Gasteiger partial charge in [0.15, 0.2) is 0 Å². The minimum absolute atomic E-state index is 0.0437. The van der Waals surface area contributed by atoms with Gasteiger partial charge in [0.1, 0.15) is 6.04 Å². The van der Waals surface area contributed by atoms with Gasteiger partial charge in [0.25, 0.3) is 0 Å². The number of piperazine rings is 1. The summed E-state index contributed by atoms with van der Waals surface area (Å²) in [7, 11) is 1.27. The van der Waals surface area contributed by atoms with Gasteiger partial charge in [0.2, 0.25) is 11.8 Å². The molecule has 0 saturated carbocycles. The van der Waals surface area contributed by atoms with Crippen molar-refractivity contribution < 1.29 is 19.1 Å². The van der Waals surface area contributed by atoms with Crippen LogP contribution in [0.15, 0.2) is 0 Å². The number of carbonyl (C=O) groups is 3. The topological polar surface area (TPSA) is 75.7 Å². The molecule has 1 atom stereocenters. The minimum Gasteiger partial charge on any atom is -0.468 e. The number of nitrogens with one attached hydrogen (secondary N) is 1. The molecule has 6 nitrogen and oxygen atoms in total. The lowest BCUT2D eigenvalue weighted by Gasteiger charge is -2.28. The molecule has 0 aliphatic carbocycles. The lowest BCUT2D eigenvalue weighted by molar-refractivity contribution is -0.149. The number of imide groups is 1. The Labute approximate surface area is 81.2 Å². The highest BCUT2D eigenvalue weighted by molar-refractivity contribution is 5.99. The van der Waals surface area contributed by atoms with Crippen molar-refractivity contribution in [2.75, 3.05) is 20.2 Å². The summed E-state index contributed by atoms with van der Waals surface area (Å²) in [5, 5.41) is 2.15. The Hall–Kier alpha value is -1.43. The molecule has 1 heterocycles. The summed E-state index contributed by atoms with van der Waals surface area (Å²) >= 11 is 0. The highest BCUT2D eigenvalue weighted by Gasteiger charge is 2.30. The highest BCUT2D eigenvalue weighted by atomic mass is 16.5. The molecular weight excluding hydrogens is 188 g/mol. The molecule has 1 N–H and O–H groups in total. The number of nitrogens with zero attached hydrogens (tertiary/aromatic N) is 1. The summed E-state index contributed by atoms with van der Waals surface area (Å²) in [6, 6.07) is -0.574. The van der Waals surface area contributed by atoms with Gasteiger partial charge in [-0.05, 0) is 6.92 Å². The summed E-state index contributed by atoms with van der Waals surface area (Å²) in [6.45, 7) is 1.68. The Balaban J connectivity index is 2.63. The van der Waals surface area contributed by atoms with Crippen molar-refractivity contribution in [2.45, 2.75) is 13.0 Å². The van der Waals surface area contributed by atoms with Crippen LogP contribution in [0.5, 0.6) is 0 Å². The Morgan fingerprint density at radius 1 is 1.43 bits per heavy atom. The second-order valence-corrected chi connectivity index (χ2v) is 3.08. The first-order valence-corrected chi connectivity index (χ1v) is 4.19. The van der Waals surface area contributed by atoms with Crippen LogP contribution < -0.4 is 5.32 Å². The number of ether oxygens (including phenoxy) is 1. The standard InChI is InChI=1S/C8H12N2O4/c1-5(8(13)14-2)10-3-6(11)9-7(12)4-10/h5H,3-4H2,1-2H3,(H,9,11,12). The van der Waals surface area contributed by atoms with Crippen molar-refractivity contribution >= 4 is 17.8 Å². The molecule has 14 heavy (non-hydrogen) atoms. The number of esters is 1. The largest absolute Gasteiger partial charge is 0.468 e. The van der Waals surface area contributed by atoms with Crippen LogP contribution in [0, 0.1) is 0 Å². The number of rotatable bonds is 2. The number of hydrogen-bond donors (Lipinski definition) is 1. The summed E-state index contributed by atoms with van der Waals surface area (Å²) in [6.07, 6.45) is 0. The molecule has 1 saturated heterocycles. The SMILES string of the molecule is COC(=O)C(C)N1CC(=O)NC(=O)C1. The van der Waals surface area contributed by atoms with E-state index < -0.39 is 23.8 Å². The molecule has 0 bridgehead atoms. The first-order valence-electron chi connectivity index (χ1n) is 4.19. The Morgan fingerprint density at radius 3 is 2.36 bits per heavy atom. The van der Waals surface area contributed by atoms with Crippen molar-refractivity contribution in [3.8, 4) is 0 Å². The van der Waals surface area contributed by atoms with E-state index in [9.17, 15) is 14.4 Å². The molecule has 1 rings (SSSR count). The molecule has 1 fully saturated rings. The summed E-state index contributed by atoms with van der Waals surface area (Å²) in [5.41, 5.74) is 0. The van der Waals surface area contributed by atoms with Crippen molar-refractivity contribution in [1.29, 1.82) is 0 Å². The van der Waals surface area contributed by atoms with Crippen molar-refractivity contribution in [3.63, 3.8) is 0 Å². The van der Waals surface area contributed by atoms with Crippen LogP contribution in [0.2, 0.25) is 0 Å². The van der Waals surface area contributed by atoms with Gasteiger partial charge in [-0.3, -0.25) is 24.6 Å². The first-order chi connectivity index (χ1) is 6.54. The van der Waals surface area contributed by atoms with Gasteiger partial charge < -0.3 is 4.74 Å². The molecule has 2 amide bonds. The minimum atomic E-state index is -0.574. The van der Waals surface area contributed by atoms with E-state index in [1.54, 1.807) is 6.92 Å². The van der Waals surface area contributed by atoms with Crippen LogP contribution in [0.3, 0.4) is 0 Å². The fourth-order valence-corrected chi connectivity index (χ4v) is 1.25. The maximum Gasteiger partial charge on any atom is 0.322 e. The first kappa shape index (κ1) is 10.6. The van der Waals surface area contributed by atoms with E-state index in [0.717, 1.165) is 0 Å². The molecule has 1 aliphatic heterocycles. The molecule has 78 valence electrons. The summed E-state index contributed by atoms with van der Waals surface area (Å²) in [5.74, 6) is -1.23. The van der Waals surface area contributed by atoms with E-state index in [-0.39, 0.29) is 13.1 Å². The number of hydrogen-bond acceptors (Lipinski definition) is 5. The third-order valence-electron chi connectivity index (χ3n) is 2.06. The third-order valence-corrected chi connectivity index (χ3v) is 2.06. The Morgan fingerprint density at radius 2 is 1.93 bits per heavy atom. The van der Waals surface area contributed by atoms with Crippen LogP contribution in [0.1, 0.15) is 6.92 Å². The van der Waals surface area contributed by atoms with Gasteiger partial charge in [0.05, 0.1) is 20.2 Å². The van der Waals surface area contributed by atoms with Crippen LogP contribution in [0.25, 0.3) is 0 Å². The molecule has 0 spiro atoms. The van der Waals surface area contributed by atoms with E-state index >= 15 is 0 Å². The molecule has 0 aromatic carbocycles. The predicted molar refractivity (Wildman–Crippen MR) is 46.2 cm³/mol. The van der Waals surface area contributed by atoms with Crippen molar-refractivity contribution in [3.05, 3.63) is 0 Å². The lowest BCUT2D eigenvalue weighted by atomic mass is 10.2. The van der Waals surface area contributed by atoms with Crippen LogP contribution in [0.4, 0.5) is 0 Å². The number of carbonyl (C=O) groups excluding carboxylic acids is 3. The van der Waals surface area contributed by atoms with E-state index in [1.165, 1.54) is 12.0 Å². The maximum atomic E-state index is 11.1. The zero-order valence-electron chi connectivity index (χ0n) is 8.07. The molecule has 1 aliphatic rings.